The molecule has 2 rings (SSSR count). The average Bonchev–Trinajstić information content (AvgIpc) is 2.35. The van der Waals surface area contributed by atoms with Crippen LogP contribution in [0.5, 0.6) is 0 Å². The van der Waals surface area contributed by atoms with Crippen molar-refractivity contribution in [2.75, 3.05) is 7.05 Å². The lowest BCUT2D eigenvalue weighted by molar-refractivity contribution is -0.312. The molecule has 2 aliphatic rings. The van der Waals surface area contributed by atoms with Crippen LogP contribution in [-0.4, -0.2) is 46.0 Å². The van der Waals surface area contributed by atoms with Crippen molar-refractivity contribution in [1.29, 1.82) is 0 Å². The number of aliphatic carboxylic acids is 1. The van der Waals surface area contributed by atoms with Crippen LogP contribution >= 0.6 is 11.8 Å². The van der Waals surface area contributed by atoms with Crippen LogP contribution in [0.15, 0.2) is 0 Å². The van der Waals surface area contributed by atoms with Crippen molar-refractivity contribution in [2.45, 2.75) is 36.1 Å². The van der Waals surface area contributed by atoms with Crippen LogP contribution in [0.1, 0.15) is 13.8 Å². The van der Waals surface area contributed by atoms with E-state index in [2.05, 4.69) is 5.32 Å². The topological polar surface area (TPSA) is 72.5 Å². The molecule has 0 aromatic carbocycles. The molecule has 2 saturated heterocycles. The monoisotopic (exact) mass is 229 g/mol. The maximum absolute atomic E-state index is 11.6. The summed E-state index contributed by atoms with van der Waals surface area (Å²) in [6, 6.07) is -1.07. The molecular weight excluding hydrogens is 216 g/mol. The Labute approximate surface area is 92.2 Å². The van der Waals surface area contributed by atoms with Crippen LogP contribution in [-0.2, 0) is 9.59 Å². The molecule has 0 aromatic rings. The van der Waals surface area contributed by atoms with Gasteiger partial charge in [0.05, 0.1) is 12.0 Å². The Kier molecular flexibility index (Phi) is 2.24. The first-order valence-corrected chi connectivity index (χ1v) is 5.66. The van der Waals surface area contributed by atoms with Crippen molar-refractivity contribution in [3.05, 3.63) is 0 Å². The lowest BCUT2D eigenvalue weighted by atomic mass is 9.96. The van der Waals surface area contributed by atoms with E-state index < -0.39 is 16.8 Å². The normalized spacial score (nSPS) is 37.4. The summed E-state index contributed by atoms with van der Waals surface area (Å²) in [6.45, 7) is 3.66. The summed E-state index contributed by atoms with van der Waals surface area (Å²) in [4.78, 5) is 24.1. The third-order valence-electron chi connectivity index (χ3n) is 2.98. The zero-order chi connectivity index (χ0) is 11.4. The maximum Gasteiger partial charge on any atom is 0.244 e. The van der Waals surface area contributed by atoms with Gasteiger partial charge in [-0.2, -0.15) is 0 Å². The second-order valence-corrected chi connectivity index (χ2v) is 6.12. The number of amides is 1. The smallest absolute Gasteiger partial charge is 0.244 e. The van der Waals surface area contributed by atoms with Crippen LogP contribution < -0.4 is 10.4 Å². The van der Waals surface area contributed by atoms with Gasteiger partial charge in [-0.25, -0.2) is 0 Å². The molecule has 5 nitrogen and oxygen atoms in total. The molecular formula is C9H13N2O3S-. The van der Waals surface area contributed by atoms with Gasteiger partial charge < -0.3 is 20.1 Å². The van der Waals surface area contributed by atoms with Gasteiger partial charge in [0, 0.05) is 4.75 Å². The lowest BCUT2D eigenvalue weighted by Crippen LogP contribution is -2.70. The first-order chi connectivity index (χ1) is 6.90. The van der Waals surface area contributed by atoms with Crippen molar-refractivity contribution < 1.29 is 14.7 Å². The van der Waals surface area contributed by atoms with Crippen LogP contribution in [0.3, 0.4) is 0 Å². The average molecular weight is 229 g/mol. The quantitative estimate of drug-likeness (QED) is 0.577. The van der Waals surface area contributed by atoms with Gasteiger partial charge in [0.2, 0.25) is 5.91 Å². The fourth-order valence-corrected chi connectivity index (χ4v) is 3.95. The van der Waals surface area contributed by atoms with E-state index >= 15 is 0 Å². The minimum Gasteiger partial charge on any atom is -0.548 e. The van der Waals surface area contributed by atoms with Crippen LogP contribution in [0.4, 0.5) is 0 Å². The van der Waals surface area contributed by atoms with Crippen molar-refractivity contribution >= 4 is 23.6 Å². The number of likely N-dealkylation sites (N-methyl/N-ethyl adjacent to an activating group) is 1. The Balaban J connectivity index is 2.28. The molecule has 0 saturated carbocycles. The molecule has 2 fully saturated rings. The highest BCUT2D eigenvalue weighted by atomic mass is 32.2. The number of thioether (sulfide) groups is 1. The molecule has 0 radical (unpaired) electrons. The number of hydrogen-bond acceptors (Lipinski definition) is 5. The second-order valence-electron chi connectivity index (χ2n) is 4.35. The maximum atomic E-state index is 11.6. The molecule has 3 unspecified atom stereocenters. The zero-order valence-corrected chi connectivity index (χ0v) is 9.63. The van der Waals surface area contributed by atoms with Crippen molar-refractivity contribution in [3.63, 3.8) is 0 Å². The number of β-lactam (4-membered cyclic amide) rings is 1. The Hall–Kier alpha value is -0.750. The van der Waals surface area contributed by atoms with Crippen LogP contribution in [0.25, 0.3) is 0 Å². The van der Waals surface area contributed by atoms with Gasteiger partial charge in [-0.1, -0.05) is 0 Å². The number of carboxylic acid groups (broad SMARTS) is 1. The largest absolute Gasteiger partial charge is 0.548 e. The molecule has 0 aromatic heterocycles. The van der Waals surface area contributed by atoms with Gasteiger partial charge in [0.1, 0.15) is 11.4 Å². The summed E-state index contributed by atoms with van der Waals surface area (Å²) in [6.07, 6.45) is 0. The van der Waals surface area contributed by atoms with Crippen molar-refractivity contribution in [3.8, 4) is 0 Å². The number of fused-ring (bicyclic) bond motifs is 1. The molecule has 15 heavy (non-hydrogen) atoms. The van der Waals surface area contributed by atoms with Gasteiger partial charge in [-0.05, 0) is 20.9 Å². The number of carboxylic acids is 1. The fraction of sp³-hybridized carbons (Fsp3) is 0.778. The molecule has 0 aliphatic carbocycles. The standard InChI is InChI=1S/C9H14N2O3S/c1-9(2)5(8(13)14)11-6(12)4(10-3)7(11)15-9/h4-5,7,10H,1-3H3,(H,13,14)/p-1. The van der Waals surface area contributed by atoms with Crippen LogP contribution in [0.2, 0.25) is 0 Å². The molecule has 0 spiro atoms. The summed E-state index contributed by atoms with van der Waals surface area (Å²) < 4.78 is -0.481. The second kappa shape index (κ2) is 3.12. The number of rotatable bonds is 2. The van der Waals surface area contributed by atoms with Crippen LogP contribution in [0, 0.1) is 0 Å². The van der Waals surface area contributed by atoms with E-state index in [-0.39, 0.29) is 17.3 Å². The highest BCUT2D eigenvalue weighted by Gasteiger charge is 2.61. The summed E-state index contributed by atoms with van der Waals surface area (Å²) in [5, 5.41) is 13.8. The first kappa shape index (κ1) is 10.8. The molecule has 84 valence electrons. The summed E-state index contributed by atoms with van der Waals surface area (Å²) in [7, 11) is 1.71. The van der Waals surface area contributed by atoms with Gasteiger partial charge in [-0.3, -0.25) is 4.79 Å². The highest BCUT2D eigenvalue weighted by molar-refractivity contribution is 8.01. The SMILES string of the molecule is CNC1C(=O)N2C1SC(C)(C)C2C(=O)[O-]. The fourth-order valence-electron chi connectivity index (χ4n) is 2.26. The third kappa shape index (κ3) is 1.28. The number of nitrogens with one attached hydrogen (secondary N) is 1. The Morgan fingerprint density at radius 3 is 2.67 bits per heavy atom. The van der Waals surface area contributed by atoms with Gasteiger partial charge >= 0.3 is 0 Å². The Morgan fingerprint density at radius 2 is 2.20 bits per heavy atom. The van der Waals surface area contributed by atoms with E-state index in [4.69, 9.17) is 0 Å². The highest BCUT2D eigenvalue weighted by Crippen LogP contribution is 2.50. The van der Waals surface area contributed by atoms with E-state index in [9.17, 15) is 14.7 Å². The molecule has 3 atom stereocenters. The number of carbonyl (C=O) groups is 2. The predicted octanol–water partition coefficient (Wildman–Crippen LogP) is -1.61. The molecule has 1 N–H and O–H groups in total. The summed E-state index contributed by atoms with van der Waals surface area (Å²) in [5.41, 5.74) is 0. The summed E-state index contributed by atoms with van der Waals surface area (Å²) in [5.74, 6) is -1.31. The zero-order valence-electron chi connectivity index (χ0n) is 8.81. The molecule has 2 heterocycles. The molecule has 2 aliphatic heterocycles. The van der Waals surface area contributed by atoms with E-state index in [0.717, 1.165) is 0 Å². The minimum atomic E-state index is -1.17. The van der Waals surface area contributed by atoms with E-state index in [1.54, 1.807) is 7.05 Å². The lowest BCUT2D eigenvalue weighted by Gasteiger charge is -2.44. The Bertz CT molecular complexity index is 331. The predicted molar refractivity (Wildman–Crippen MR) is 53.9 cm³/mol. The van der Waals surface area contributed by atoms with E-state index in [1.165, 1.54) is 16.7 Å². The summed E-state index contributed by atoms with van der Waals surface area (Å²) >= 11 is 1.51. The minimum absolute atomic E-state index is 0.0691. The Morgan fingerprint density at radius 1 is 1.60 bits per heavy atom. The number of carbonyl (C=O) groups excluding carboxylic acids is 2. The van der Waals surface area contributed by atoms with Gasteiger partial charge in [0.25, 0.3) is 0 Å². The first-order valence-electron chi connectivity index (χ1n) is 4.78. The van der Waals surface area contributed by atoms with Crippen molar-refractivity contribution in [1.82, 2.24) is 10.2 Å². The molecule has 0 bridgehead atoms. The number of hydrogen-bond donors (Lipinski definition) is 1. The van der Waals surface area contributed by atoms with Crippen molar-refractivity contribution in [2.24, 2.45) is 0 Å². The number of nitrogens with zero attached hydrogens (tertiary/aromatic N) is 1. The van der Waals surface area contributed by atoms with Gasteiger partial charge in [0.15, 0.2) is 0 Å². The molecule has 6 heteroatoms. The van der Waals surface area contributed by atoms with Gasteiger partial charge in [-0.15, -0.1) is 11.8 Å². The third-order valence-corrected chi connectivity index (χ3v) is 4.55. The molecule has 1 amide bonds. The van der Waals surface area contributed by atoms with E-state index in [1.807, 2.05) is 13.8 Å². The van der Waals surface area contributed by atoms with E-state index in [0.29, 0.717) is 0 Å².